The fourth-order valence-corrected chi connectivity index (χ4v) is 4.29. The number of halogens is 3. The Labute approximate surface area is 112 Å². The van der Waals surface area contributed by atoms with Crippen LogP contribution in [-0.4, -0.2) is 22.8 Å². The van der Waals surface area contributed by atoms with Gasteiger partial charge in [-0.2, -0.15) is 0 Å². The van der Waals surface area contributed by atoms with E-state index in [1.807, 2.05) is 6.92 Å². The van der Waals surface area contributed by atoms with E-state index in [1.165, 1.54) is 0 Å². The summed E-state index contributed by atoms with van der Waals surface area (Å²) in [6, 6.07) is 3.61. The van der Waals surface area contributed by atoms with E-state index < -0.39 is 26.0 Å². The van der Waals surface area contributed by atoms with Gasteiger partial charge in [-0.3, -0.25) is 0 Å². The fourth-order valence-electron chi connectivity index (χ4n) is 2.07. The summed E-state index contributed by atoms with van der Waals surface area (Å²) in [6.45, 7) is 2.00. The molecule has 0 aliphatic heterocycles. The van der Waals surface area contributed by atoms with Crippen LogP contribution in [0.25, 0.3) is 0 Å². The molecule has 6 heteroatoms. The smallest absolute Gasteiger partial charge is 0.337 e. The molecule has 0 aliphatic carbocycles. The van der Waals surface area contributed by atoms with Gasteiger partial charge in [-0.15, -0.1) is 0 Å². The highest BCUT2D eigenvalue weighted by molar-refractivity contribution is 6.67. The van der Waals surface area contributed by atoms with Crippen LogP contribution >= 0.6 is 0 Å². The van der Waals surface area contributed by atoms with Crippen LogP contribution in [0.1, 0.15) is 18.9 Å². The van der Waals surface area contributed by atoms with Gasteiger partial charge in [0.25, 0.3) is 0 Å². The Bertz CT molecular complexity index is 391. The van der Waals surface area contributed by atoms with E-state index in [1.54, 1.807) is 14.2 Å². The van der Waals surface area contributed by atoms with Crippen molar-refractivity contribution in [3.05, 3.63) is 35.1 Å². The van der Waals surface area contributed by atoms with Crippen LogP contribution in [0.15, 0.2) is 12.1 Å². The molecule has 0 aromatic heterocycles. The zero-order valence-corrected chi connectivity index (χ0v) is 12.4. The van der Waals surface area contributed by atoms with Crippen LogP contribution in [0, 0.1) is 17.5 Å². The average molecular weight is 292 g/mol. The van der Waals surface area contributed by atoms with Gasteiger partial charge in [-0.05, 0) is 42.6 Å². The van der Waals surface area contributed by atoms with Crippen LogP contribution in [0.3, 0.4) is 0 Å². The van der Waals surface area contributed by atoms with Crippen LogP contribution in [0.2, 0.25) is 12.1 Å². The lowest BCUT2D eigenvalue weighted by atomic mass is 10.1. The molecule has 1 aromatic carbocycles. The quantitative estimate of drug-likeness (QED) is 0.562. The number of benzene rings is 1. The van der Waals surface area contributed by atoms with Crippen LogP contribution < -0.4 is 0 Å². The molecule has 0 atom stereocenters. The van der Waals surface area contributed by atoms with Gasteiger partial charge in [0, 0.05) is 14.2 Å². The summed E-state index contributed by atoms with van der Waals surface area (Å²) < 4.78 is 49.8. The largest absolute Gasteiger partial charge is 0.398 e. The summed E-state index contributed by atoms with van der Waals surface area (Å²) in [5, 5.41) is 0. The summed E-state index contributed by atoms with van der Waals surface area (Å²) in [5.74, 6) is -3.71. The second-order valence-corrected chi connectivity index (χ2v) is 8.24. The Balaban J connectivity index is 2.63. The highest BCUT2D eigenvalue weighted by Crippen LogP contribution is 2.21. The highest BCUT2D eigenvalue weighted by atomic mass is 28.4. The normalized spacial score (nSPS) is 11.9. The van der Waals surface area contributed by atoms with Crippen LogP contribution in [0.5, 0.6) is 0 Å². The van der Waals surface area contributed by atoms with Gasteiger partial charge < -0.3 is 8.85 Å². The first-order valence-electron chi connectivity index (χ1n) is 6.21. The second-order valence-electron chi connectivity index (χ2n) is 4.40. The molecule has 0 saturated carbocycles. The number of rotatable bonds is 7. The molecule has 19 heavy (non-hydrogen) atoms. The summed E-state index contributed by atoms with van der Waals surface area (Å²) in [4.78, 5) is 0. The van der Waals surface area contributed by atoms with Crippen LogP contribution in [-0.2, 0) is 15.3 Å². The van der Waals surface area contributed by atoms with E-state index in [-0.39, 0.29) is 0 Å². The van der Waals surface area contributed by atoms with Crippen molar-refractivity contribution in [3.8, 4) is 0 Å². The van der Waals surface area contributed by atoms with Gasteiger partial charge in [0.1, 0.15) is 0 Å². The minimum atomic E-state index is -2.17. The maximum absolute atomic E-state index is 13.0. The minimum absolute atomic E-state index is 0.447. The highest BCUT2D eigenvalue weighted by Gasteiger charge is 2.32. The molecule has 0 aliphatic rings. The number of hydrogen-bond acceptors (Lipinski definition) is 2. The molecule has 1 rings (SSSR count). The average Bonchev–Trinajstić information content (AvgIpc) is 2.41. The van der Waals surface area contributed by atoms with Crippen molar-refractivity contribution in [3.63, 3.8) is 0 Å². The van der Waals surface area contributed by atoms with Gasteiger partial charge >= 0.3 is 8.56 Å². The van der Waals surface area contributed by atoms with Crippen molar-refractivity contribution >= 4 is 8.56 Å². The van der Waals surface area contributed by atoms with Gasteiger partial charge in [-0.1, -0.05) is 6.92 Å². The molecular weight excluding hydrogens is 273 g/mol. The molecule has 108 valence electrons. The lowest BCUT2D eigenvalue weighted by Gasteiger charge is -2.25. The van der Waals surface area contributed by atoms with Crippen molar-refractivity contribution in [1.82, 2.24) is 0 Å². The van der Waals surface area contributed by atoms with Gasteiger partial charge in [0.2, 0.25) is 0 Å². The van der Waals surface area contributed by atoms with Crippen molar-refractivity contribution in [1.29, 1.82) is 0 Å². The van der Waals surface area contributed by atoms with E-state index >= 15 is 0 Å². The molecule has 0 saturated heterocycles. The lowest BCUT2D eigenvalue weighted by molar-refractivity contribution is 0.242. The molecule has 0 radical (unpaired) electrons. The Kier molecular flexibility index (Phi) is 6.03. The molecule has 0 heterocycles. The third-order valence-corrected chi connectivity index (χ3v) is 7.03. The molecule has 0 fully saturated rings. The van der Waals surface area contributed by atoms with Crippen molar-refractivity contribution in [2.24, 2.45) is 0 Å². The van der Waals surface area contributed by atoms with Gasteiger partial charge in [-0.25, -0.2) is 13.2 Å². The summed E-state index contributed by atoms with van der Waals surface area (Å²) in [5.41, 5.74) is 0.447. The lowest BCUT2D eigenvalue weighted by Crippen LogP contribution is -2.39. The zero-order valence-electron chi connectivity index (χ0n) is 11.4. The minimum Gasteiger partial charge on any atom is -0.398 e. The number of hydrogen-bond donors (Lipinski definition) is 0. The molecule has 0 spiro atoms. The summed E-state index contributed by atoms with van der Waals surface area (Å²) >= 11 is 0. The van der Waals surface area contributed by atoms with E-state index in [0.29, 0.717) is 18.4 Å². The third kappa shape index (κ3) is 4.06. The Morgan fingerprint density at radius 2 is 1.58 bits per heavy atom. The standard InChI is InChI=1S/C13H19F3O2Si/c1-4-19(17-2,18-3)7-5-6-10-8-11(14)13(16)12(15)9-10/h8-9H,4-7H2,1-3H3. The Morgan fingerprint density at radius 3 is 2.00 bits per heavy atom. The van der Waals surface area contributed by atoms with E-state index in [2.05, 4.69) is 0 Å². The maximum Gasteiger partial charge on any atom is 0.337 e. The predicted octanol–water partition coefficient (Wildman–Crippen LogP) is 3.79. The molecule has 0 bridgehead atoms. The zero-order chi connectivity index (χ0) is 14.5. The molecule has 2 nitrogen and oxygen atoms in total. The van der Waals surface area contributed by atoms with E-state index in [9.17, 15) is 13.2 Å². The molecular formula is C13H19F3O2Si. The predicted molar refractivity (Wildman–Crippen MR) is 69.7 cm³/mol. The van der Waals surface area contributed by atoms with Crippen LogP contribution in [0.4, 0.5) is 13.2 Å². The monoisotopic (exact) mass is 292 g/mol. The molecule has 0 N–H and O–H groups in total. The summed E-state index contributed by atoms with van der Waals surface area (Å²) in [7, 11) is 1.07. The second kappa shape index (κ2) is 7.07. The molecule has 1 aromatic rings. The van der Waals surface area contributed by atoms with Crippen molar-refractivity contribution in [2.45, 2.75) is 31.9 Å². The first kappa shape index (κ1) is 16.2. The number of aryl methyl sites for hydroxylation is 1. The Morgan fingerprint density at radius 1 is 1.05 bits per heavy atom. The topological polar surface area (TPSA) is 18.5 Å². The first-order chi connectivity index (χ1) is 8.98. The van der Waals surface area contributed by atoms with E-state index in [4.69, 9.17) is 8.85 Å². The summed E-state index contributed by atoms with van der Waals surface area (Å²) in [6.07, 6.45) is 1.15. The SMILES string of the molecule is CC[Si](CCCc1cc(F)c(F)c(F)c1)(OC)OC. The van der Waals surface area contributed by atoms with Gasteiger partial charge in [0.15, 0.2) is 17.5 Å². The van der Waals surface area contributed by atoms with E-state index in [0.717, 1.165) is 24.2 Å². The maximum atomic E-state index is 13.0. The fraction of sp³-hybridized carbons (Fsp3) is 0.538. The Hall–Kier alpha value is -0.853. The van der Waals surface area contributed by atoms with Crippen molar-refractivity contribution in [2.75, 3.05) is 14.2 Å². The molecule has 0 amide bonds. The first-order valence-corrected chi connectivity index (χ1v) is 8.44. The van der Waals surface area contributed by atoms with Gasteiger partial charge in [0.05, 0.1) is 0 Å². The third-order valence-electron chi connectivity index (χ3n) is 3.35. The molecule has 0 unspecified atom stereocenters. The van der Waals surface area contributed by atoms with Crippen molar-refractivity contribution < 1.29 is 22.0 Å².